The van der Waals surface area contributed by atoms with Gasteiger partial charge in [-0.3, -0.25) is 0 Å². The van der Waals surface area contributed by atoms with Crippen LogP contribution >= 0.6 is 35.0 Å². The summed E-state index contributed by atoms with van der Waals surface area (Å²) in [6.45, 7) is 1.72. The van der Waals surface area contributed by atoms with Crippen molar-refractivity contribution in [2.75, 3.05) is 0 Å². The van der Waals surface area contributed by atoms with Crippen LogP contribution in [-0.2, 0) is 5.75 Å². The Balaban J connectivity index is 1.61. The van der Waals surface area contributed by atoms with Gasteiger partial charge in [0.2, 0.25) is 0 Å². The number of hydrogen-bond acceptors (Lipinski definition) is 5. The number of para-hydroxylation sites is 1. The minimum atomic E-state index is -0.566. The zero-order valence-corrected chi connectivity index (χ0v) is 15.4. The van der Waals surface area contributed by atoms with E-state index in [0.717, 1.165) is 5.56 Å². The lowest BCUT2D eigenvalue weighted by Crippen LogP contribution is -2.04. The highest BCUT2D eigenvalue weighted by Gasteiger charge is 2.17. The maximum absolute atomic E-state index is 13.6. The van der Waals surface area contributed by atoms with Gasteiger partial charge in [-0.1, -0.05) is 53.2 Å². The van der Waals surface area contributed by atoms with Crippen molar-refractivity contribution in [2.24, 2.45) is 0 Å². The van der Waals surface area contributed by atoms with Gasteiger partial charge in [0.25, 0.3) is 11.1 Å². The molecule has 25 heavy (non-hydrogen) atoms. The molecule has 0 radical (unpaired) electrons. The second-order valence-corrected chi connectivity index (χ2v) is 6.87. The molecule has 4 nitrogen and oxygen atoms in total. The maximum atomic E-state index is 13.6. The van der Waals surface area contributed by atoms with E-state index in [4.69, 9.17) is 32.4 Å². The van der Waals surface area contributed by atoms with Crippen LogP contribution in [0, 0.1) is 5.82 Å². The molecule has 1 heterocycles. The van der Waals surface area contributed by atoms with Crippen molar-refractivity contribution >= 4 is 35.0 Å². The Bertz CT molecular complexity index is 875. The minimum Gasteiger partial charge on any atom is -0.478 e. The molecule has 0 N–H and O–H groups in total. The Hall–Kier alpha value is -1.76. The molecule has 130 valence electrons. The number of hydrogen-bond donors (Lipinski definition) is 0. The van der Waals surface area contributed by atoms with Gasteiger partial charge in [-0.25, -0.2) is 4.39 Å². The Morgan fingerprint density at radius 1 is 1.16 bits per heavy atom. The summed E-state index contributed by atoms with van der Waals surface area (Å²) >= 11 is 13.2. The van der Waals surface area contributed by atoms with Crippen LogP contribution in [0.3, 0.4) is 0 Å². The van der Waals surface area contributed by atoms with Crippen LogP contribution in [0.15, 0.2) is 52.1 Å². The van der Waals surface area contributed by atoms with Crippen LogP contribution < -0.4 is 4.74 Å². The third-order valence-corrected chi connectivity index (χ3v) is 4.89. The van der Waals surface area contributed by atoms with Crippen molar-refractivity contribution < 1.29 is 13.5 Å². The number of nitrogens with zero attached hydrogens (tertiary/aromatic N) is 2. The fourth-order valence-corrected chi connectivity index (χ4v) is 3.03. The van der Waals surface area contributed by atoms with Crippen LogP contribution in [0.1, 0.15) is 24.5 Å². The van der Waals surface area contributed by atoms with Gasteiger partial charge in [0.05, 0.1) is 10.0 Å². The van der Waals surface area contributed by atoms with E-state index in [1.54, 1.807) is 37.3 Å². The quantitative estimate of drug-likeness (QED) is 0.480. The molecule has 1 atom stereocenters. The monoisotopic (exact) mass is 398 g/mol. The summed E-state index contributed by atoms with van der Waals surface area (Å²) < 4.78 is 24.7. The molecule has 0 aliphatic heterocycles. The van der Waals surface area contributed by atoms with Gasteiger partial charge in [-0.05, 0) is 36.8 Å². The molecule has 0 spiro atoms. The van der Waals surface area contributed by atoms with Crippen molar-refractivity contribution in [3.8, 4) is 5.75 Å². The summed E-state index contributed by atoms with van der Waals surface area (Å²) in [5, 5.41) is 9.32. The molecule has 0 unspecified atom stereocenters. The van der Waals surface area contributed by atoms with E-state index < -0.39 is 11.9 Å². The molecule has 8 heteroatoms. The zero-order chi connectivity index (χ0) is 17.8. The summed E-state index contributed by atoms with van der Waals surface area (Å²) in [6, 6.07) is 11.6. The molecule has 0 fully saturated rings. The van der Waals surface area contributed by atoms with Gasteiger partial charge in [-0.15, -0.1) is 10.2 Å². The Morgan fingerprint density at radius 3 is 2.72 bits per heavy atom. The van der Waals surface area contributed by atoms with E-state index in [0.29, 0.717) is 21.0 Å². The Labute approximate surface area is 158 Å². The predicted octanol–water partition coefficient (Wildman–Crippen LogP) is 5.95. The van der Waals surface area contributed by atoms with Crippen molar-refractivity contribution in [3.05, 3.63) is 69.8 Å². The van der Waals surface area contributed by atoms with Gasteiger partial charge in [0, 0.05) is 5.75 Å². The normalized spacial score (nSPS) is 12.2. The van der Waals surface area contributed by atoms with Gasteiger partial charge < -0.3 is 9.15 Å². The molecule has 0 bridgehead atoms. The van der Waals surface area contributed by atoms with Crippen LogP contribution in [0.4, 0.5) is 4.39 Å². The van der Waals surface area contributed by atoms with Gasteiger partial charge in [0.1, 0.15) is 0 Å². The van der Waals surface area contributed by atoms with Crippen LogP contribution in [0.2, 0.25) is 10.0 Å². The number of halogens is 3. The fraction of sp³-hybridized carbons (Fsp3) is 0.176. The first-order chi connectivity index (χ1) is 12.0. The number of rotatable bonds is 6. The molecule has 1 aromatic heterocycles. The standard InChI is InChI=1S/C17H13Cl2FN2O2S/c1-10(23-15-5-3-2-4-14(15)20)16-21-22-17(24-16)25-9-11-6-7-12(18)13(19)8-11/h2-8,10H,9H2,1H3/t10-/m0/s1. The van der Waals surface area contributed by atoms with E-state index in [1.807, 2.05) is 6.07 Å². The minimum absolute atomic E-state index is 0.137. The molecule has 0 saturated carbocycles. The summed E-state index contributed by atoms with van der Waals surface area (Å²) in [5.74, 6) is 0.572. The summed E-state index contributed by atoms with van der Waals surface area (Å²) in [5.41, 5.74) is 0.981. The molecular formula is C17H13Cl2FN2O2S. The maximum Gasteiger partial charge on any atom is 0.277 e. The van der Waals surface area contributed by atoms with E-state index in [-0.39, 0.29) is 11.6 Å². The summed E-state index contributed by atoms with van der Waals surface area (Å²) in [6.07, 6.45) is -0.566. The molecule has 3 aromatic rings. The number of aromatic nitrogens is 2. The predicted molar refractivity (Wildman–Crippen MR) is 95.8 cm³/mol. The SMILES string of the molecule is C[C@H](Oc1ccccc1F)c1nnc(SCc2ccc(Cl)c(Cl)c2)o1. The average Bonchev–Trinajstić information content (AvgIpc) is 3.07. The summed E-state index contributed by atoms with van der Waals surface area (Å²) in [7, 11) is 0. The largest absolute Gasteiger partial charge is 0.478 e. The smallest absolute Gasteiger partial charge is 0.277 e. The third-order valence-electron chi connectivity index (χ3n) is 3.26. The first kappa shape index (κ1) is 18.0. The number of ether oxygens (including phenoxy) is 1. The van der Waals surface area contributed by atoms with E-state index in [2.05, 4.69) is 10.2 Å². The zero-order valence-electron chi connectivity index (χ0n) is 13.1. The molecule has 0 saturated heterocycles. The first-order valence-corrected chi connectivity index (χ1v) is 9.08. The molecular weight excluding hydrogens is 386 g/mol. The van der Waals surface area contributed by atoms with Crippen molar-refractivity contribution in [1.29, 1.82) is 0 Å². The van der Waals surface area contributed by atoms with Crippen LogP contribution in [0.25, 0.3) is 0 Å². The van der Waals surface area contributed by atoms with Crippen LogP contribution in [0.5, 0.6) is 5.75 Å². The lowest BCUT2D eigenvalue weighted by atomic mass is 10.2. The second kappa shape index (κ2) is 8.08. The highest BCUT2D eigenvalue weighted by atomic mass is 35.5. The van der Waals surface area contributed by atoms with Gasteiger partial charge in [-0.2, -0.15) is 0 Å². The second-order valence-electron chi connectivity index (χ2n) is 5.13. The molecule has 0 aliphatic rings. The number of benzene rings is 2. The molecule has 2 aromatic carbocycles. The molecule has 0 amide bonds. The first-order valence-electron chi connectivity index (χ1n) is 7.34. The topological polar surface area (TPSA) is 48.2 Å². The fourth-order valence-electron chi connectivity index (χ4n) is 2.00. The lowest BCUT2D eigenvalue weighted by Gasteiger charge is -2.11. The van der Waals surface area contributed by atoms with Gasteiger partial charge >= 0.3 is 0 Å². The number of thioether (sulfide) groups is 1. The highest BCUT2D eigenvalue weighted by Crippen LogP contribution is 2.29. The molecule has 0 aliphatic carbocycles. The third kappa shape index (κ3) is 4.66. The van der Waals surface area contributed by atoms with Crippen molar-refractivity contribution in [2.45, 2.75) is 24.0 Å². The van der Waals surface area contributed by atoms with E-state index in [9.17, 15) is 4.39 Å². The van der Waals surface area contributed by atoms with Gasteiger partial charge in [0.15, 0.2) is 17.7 Å². The van der Waals surface area contributed by atoms with Crippen molar-refractivity contribution in [3.63, 3.8) is 0 Å². The lowest BCUT2D eigenvalue weighted by molar-refractivity contribution is 0.174. The summed E-state index contributed by atoms with van der Waals surface area (Å²) in [4.78, 5) is 0. The van der Waals surface area contributed by atoms with Crippen LogP contribution in [-0.4, -0.2) is 10.2 Å². The Morgan fingerprint density at radius 2 is 1.96 bits per heavy atom. The van der Waals surface area contributed by atoms with Crippen molar-refractivity contribution in [1.82, 2.24) is 10.2 Å². The highest BCUT2D eigenvalue weighted by molar-refractivity contribution is 7.98. The average molecular weight is 399 g/mol. The molecule has 3 rings (SSSR count). The van der Waals surface area contributed by atoms with E-state index in [1.165, 1.54) is 17.8 Å². The Kier molecular flexibility index (Phi) is 5.83. The van der Waals surface area contributed by atoms with E-state index >= 15 is 0 Å².